The van der Waals surface area contributed by atoms with Crippen LogP contribution in [0.1, 0.15) is 26.2 Å². The number of nitrogens with zero attached hydrogens (tertiary/aromatic N) is 1. The van der Waals surface area contributed by atoms with Gasteiger partial charge in [-0.3, -0.25) is 9.59 Å². The van der Waals surface area contributed by atoms with Crippen LogP contribution in [0.4, 0.5) is 4.79 Å². The average molecular weight is 257 g/mol. The third kappa shape index (κ3) is 3.12. The molecule has 0 aromatic carbocycles. The number of aliphatic carboxylic acids is 1. The van der Waals surface area contributed by atoms with Crippen molar-refractivity contribution in [3.63, 3.8) is 0 Å². The molecule has 1 saturated heterocycles. The third-order valence-corrected chi connectivity index (χ3v) is 3.55. The standard InChI is InChI=1S/C11H19N3O4/c1-2-11(9(16)17)3-5-14(6-4-11)10(18)13-7-8(12)15/h2-7H2,1H3,(H2,12,15)(H,13,18)(H,16,17). The maximum absolute atomic E-state index is 11.6. The van der Waals surface area contributed by atoms with Crippen LogP contribution in [0.2, 0.25) is 0 Å². The lowest BCUT2D eigenvalue weighted by Crippen LogP contribution is -2.50. The summed E-state index contributed by atoms with van der Waals surface area (Å²) in [5, 5.41) is 11.6. The van der Waals surface area contributed by atoms with E-state index in [4.69, 9.17) is 5.73 Å². The van der Waals surface area contributed by atoms with Crippen LogP contribution in [0.15, 0.2) is 0 Å². The molecule has 0 atom stereocenters. The quantitative estimate of drug-likeness (QED) is 0.645. The van der Waals surface area contributed by atoms with Gasteiger partial charge < -0.3 is 21.1 Å². The highest BCUT2D eigenvalue weighted by Crippen LogP contribution is 2.34. The first kappa shape index (κ1) is 14.3. The Kier molecular flexibility index (Phi) is 4.52. The summed E-state index contributed by atoms with van der Waals surface area (Å²) in [5.74, 6) is -1.41. The lowest BCUT2D eigenvalue weighted by Gasteiger charge is -2.38. The summed E-state index contributed by atoms with van der Waals surface area (Å²) in [7, 11) is 0. The zero-order valence-electron chi connectivity index (χ0n) is 10.4. The number of hydrogen-bond donors (Lipinski definition) is 3. The van der Waals surface area contributed by atoms with Crippen LogP contribution in [-0.2, 0) is 9.59 Å². The van der Waals surface area contributed by atoms with E-state index in [1.54, 1.807) is 0 Å². The molecule has 7 nitrogen and oxygen atoms in total. The molecule has 102 valence electrons. The molecule has 0 aromatic heterocycles. The van der Waals surface area contributed by atoms with Gasteiger partial charge in [-0.25, -0.2) is 4.79 Å². The highest BCUT2D eigenvalue weighted by atomic mass is 16.4. The molecule has 4 N–H and O–H groups in total. The van der Waals surface area contributed by atoms with E-state index in [0.717, 1.165) is 0 Å². The molecule has 1 heterocycles. The number of carbonyl (C=O) groups is 3. The van der Waals surface area contributed by atoms with Gasteiger partial charge in [0.1, 0.15) is 0 Å². The summed E-state index contributed by atoms with van der Waals surface area (Å²) in [6.45, 7) is 2.40. The van der Waals surface area contributed by atoms with Crippen LogP contribution in [0, 0.1) is 5.41 Å². The molecular weight excluding hydrogens is 238 g/mol. The largest absolute Gasteiger partial charge is 0.481 e. The fourth-order valence-corrected chi connectivity index (χ4v) is 2.13. The van der Waals surface area contributed by atoms with Crippen LogP contribution in [0.3, 0.4) is 0 Å². The Bertz CT molecular complexity index is 348. The van der Waals surface area contributed by atoms with Gasteiger partial charge >= 0.3 is 12.0 Å². The number of likely N-dealkylation sites (tertiary alicyclic amines) is 1. The Balaban J connectivity index is 2.50. The van der Waals surface area contributed by atoms with Gasteiger partial charge in [0.15, 0.2) is 0 Å². The Morgan fingerprint density at radius 3 is 2.28 bits per heavy atom. The molecule has 1 aliphatic rings. The number of piperidine rings is 1. The van der Waals surface area contributed by atoms with Crippen LogP contribution < -0.4 is 11.1 Å². The van der Waals surface area contributed by atoms with E-state index in [-0.39, 0.29) is 12.6 Å². The van der Waals surface area contributed by atoms with Gasteiger partial charge in [0, 0.05) is 13.1 Å². The second-order valence-corrected chi connectivity index (χ2v) is 4.55. The molecule has 0 bridgehead atoms. The van der Waals surface area contributed by atoms with E-state index in [2.05, 4.69) is 5.32 Å². The van der Waals surface area contributed by atoms with Gasteiger partial charge in [-0.1, -0.05) is 6.92 Å². The maximum atomic E-state index is 11.6. The van der Waals surface area contributed by atoms with Gasteiger partial charge in [0.25, 0.3) is 0 Å². The summed E-state index contributed by atoms with van der Waals surface area (Å²) in [4.78, 5) is 34.9. The van der Waals surface area contributed by atoms with Crippen molar-refractivity contribution < 1.29 is 19.5 Å². The summed E-state index contributed by atoms with van der Waals surface area (Å²) < 4.78 is 0. The molecule has 0 radical (unpaired) electrons. The molecule has 1 rings (SSSR count). The van der Waals surface area contributed by atoms with E-state index in [0.29, 0.717) is 32.4 Å². The number of amides is 3. The minimum absolute atomic E-state index is 0.201. The van der Waals surface area contributed by atoms with E-state index in [9.17, 15) is 19.5 Å². The Morgan fingerprint density at radius 2 is 1.89 bits per heavy atom. The smallest absolute Gasteiger partial charge is 0.317 e. The highest BCUT2D eigenvalue weighted by molar-refractivity contribution is 5.83. The summed E-state index contributed by atoms with van der Waals surface area (Å²) in [5.41, 5.74) is 4.20. The van der Waals surface area contributed by atoms with Crippen molar-refractivity contribution in [2.45, 2.75) is 26.2 Å². The SMILES string of the molecule is CCC1(C(=O)O)CCN(C(=O)NCC(N)=O)CC1. The predicted octanol–water partition coefficient (Wildman–Crippen LogP) is -0.242. The van der Waals surface area contributed by atoms with Gasteiger partial charge in [-0.2, -0.15) is 0 Å². The maximum Gasteiger partial charge on any atom is 0.317 e. The molecule has 0 saturated carbocycles. The van der Waals surface area contributed by atoms with Crippen LogP contribution >= 0.6 is 0 Å². The van der Waals surface area contributed by atoms with E-state index >= 15 is 0 Å². The number of primary amides is 1. The van der Waals surface area contributed by atoms with E-state index < -0.39 is 17.3 Å². The number of nitrogens with two attached hydrogens (primary N) is 1. The highest BCUT2D eigenvalue weighted by Gasteiger charge is 2.40. The first-order valence-corrected chi connectivity index (χ1v) is 5.96. The second kappa shape index (κ2) is 5.70. The Morgan fingerprint density at radius 1 is 1.33 bits per heavy atom. The molecule has 0 aliphatic carbocycles. The lowest BCUT2D eigenvalue weighted by atomic mass is 9.76. The van der Waals surface area contributed by atoms with Crippen LogP contribution in [0.25, 0.3) is 0 Å². The van der Waals surface area contributed by atoms with Crippen molar-refractivity contribution in [3.05, 3.63) is 0 Å². The summed E-state index contributed by atoms with van der Waals surface area (Å²) >= 11 is 0. The normalized spacial score (nSPS) is 18.2. The molecule has 7 heteroatoms. The second-order valence-electron chi connectivity index (χ2n) is 4.55. The fraction of sp³-hybridized carbons (Fsp3) is 0.727. The minimum atomic E-state index is -0.804. The molecule has 18 heavy (non-hydrogen) atoms. The van der Waals surface area contributed by atoms with Crippen molar-refractivity contribution in [2.75, 3.05) is 19.6 Å². The Labute approximate surface area is 105 Å². The number of urea groups is 1. The zero-order valence-corrected chi connectivity index (χ0v) is 10.4. The summed E-state index contributed by atoms with van der Waals surface area (Å²) in [6, 6.07) is -0.371. The van der Waals surface area contributed by atoms with E-state index in [1.807, 2.05) is 6.92 Å². The molecular formula is C11H19N3O4. The zero-order chi connectivity index (χ0) is 13.8. The van der Waals surface area contributed by atoms with Gasteiger partial charge in [0.05, 0.1) is 12.0 Å². The number of carboxylic acid groups (broad SMARTS) is 1. The van der Waals surface area contributed by atoms with Gasteiger partial charge in [0.2, 0.25) is 5.91 Å². The van der Waals surface area contributed by atoms with Crippen LogP contribution in [0.5, 0.6) is 0 Å². The number of carbonyl (C=O) groups excluding carboxylic acids is 2. The first-order chi connectivity index (χ1) is 8.41. The van der Waals surface area contributed by atoms with Crippen molar-refractivity contribution in [2.24, 2.45) is 11.1 Å². The predicted molar refractivity (Wildman–Crippen MR) is 63.8 cm³/mol. The molecule has 3 amide bonds. The lowest BCUT2D eigenvalue weighted by molar-refractivity contribution is -0.151. The fourth-order valence-electron chi connectivity index (χ4n) is 2.13. The topological polar surface area (TPSA) is 113 Å². The summed E-state index contributed by atoms with van der Waals surface area (Å²) in [6.07, 6.45) is 1.42. The van der Waals surface area contributed by atoms with Gasteiger partial charge in [-0.05, 0) is 19.3 Å². The van der Waals surface area contributed by atoms with Crippen molar-refractivity contribution in [1.29, 1.82) is 0 Å². The number of hydrogen-bond acceptors (Lipinski definition) is 3. The number of carboxylic acids is 1. The van der Waals surface area contributed by atoms with Crippen LogP contribution in [-0.4, -0.2) is 47.5 Å². The third-order valence-electron chi connectivity index (χ3n) is 3.55. The first-order valence-electron chi connectivity index (χ1n) is 5.96. The number of rotatable bonds is 4. The Hall–Kier alpha value is -1.79. The van der Waals surface area contributed by atoms with Crippen molar-refractivity contribution in [1.82, 2.24) is 10.2 Å². The molecule has 0 spiro atoms. The molecule has 1 fully saturated rings. The van der Waals surface area contributed by atoms with Crippen molar-refractivity contribution >= 4 is 17.9 Å². The van der Waals surface area contributed by atoms with E-state index in [1.165, 1.54) is 4.90 Å². The molecule has 0 unspecified atom stereocenters. The van der Waals surface area contributed by atoms with Crippen molar-refractivity contribution in [3.8, 4) is 0 Å². The molecule has 0 aromatic rings. The van der Waals surface area contributed by atoms with Gasteiger partial charge in [-0.15, -0.1) is 0 Å². The monoisotopic (exact) mass is 257 g/mol. The minimum Gasteiger partial charge on any atom is -0.481 e. The molecule has 1 aliphatic heterocycles. The number of nitrogens with one attached hydrogen (secondary N) is 1. The average Bonchev–Trinajstić information content (AvgIpc) is 2.35.